The smallest absolute Gasteiger partial charge is 0.335 e. The maximum atomic E-state index is 12.4. The van der Waals surface area contributed by atoms with Crippen LogP contribution < -0.4 is 10.1 Å². The van der Waals surface area contributed by atoms with Crippen molar-refractivity contribution in [2.75, 3.05) is 5.32 Å². The van der Waals surface area contributed by atoms with Crippen molar-refractivity contribution in [3.63, 3.8) is 0 Å². The molecule has 0 saturated carbocycles. The van der Waals surface area contributed by atoms with Crippen LogP contribution in [0.5, 0.6) is 5.75 Å². The van der Waals surface area contributed by atoms with Gasteiger partial charge in [-0.2, -0.15) is 0 Å². The Morgan fingerprint density at radius 3 is 2.38 bits per heavy atom. The zero-order chi connectivity index (χ0) is 17.7. The third kappa shape index (κ3) is 4.35. The van der Waals surface area contributed by atoms with Gasteiger partial charge < -0.3 is 15.2 Å². The Balaban J connectivity index is 2.08. The normalized spacial score (nSPS) is 11.6. The SMILES string of the molecule is CC[C@@H](Oc1cc(C)ccc1C)C(=O)Nc1ccc(C(=O)O)cc1. The lowest BCUT2D eigenvalue weighted by molar-refractivity contribution is -0.122. The second kappa shape index (κ2) is 7.64. The zero-order valence-corrected chi connectivity index (χ0v) is 14.0. The molecule has 0 aliphatic carbocycles. The van der Waals surface area contributed by atoms with Crippen molar-refractivity contribution in [2.24, 2.45) is 0 Å². The van der Waals surface area contributed by atoms with Gasteiger partial charge in [-0.1, -0.05) is 19.1 Å². The number of anilines is 1. The van der Waals surface area contributed by atoms with Crippen molar-refractivity contribution in [2.45, 2.75) is 33.3 Å². The highest BCUT2D eigenvalue weighted by Crippen LogP contribution is 2.22. The number of rotatable bonds is 6. The number of aryl methyl sites for hydroxylation is 2. The van der Waals surface area contributed by atoms with Crippen LogP contribution in [0.15, 0.2) is 42.5 Å². The summed E-state index contributed by atoms with van der Waals surface area (Å²) < 4.78 is 5.87. The molecular weight excluding hydrogens is 306 g/mol. The zero-order valence-electron chi connectivity index (χ0n) is 14.0. The Hall–Kier alpha value is -2.82. The largest absolute Gasteiger partial charge is 0.480 e. The van der Waals surface area contributed by atoms with E-state index in [9.17, 15) is 9.59 Å². The summed E-state index contributed by atoms with van der Waals surface area (Å²) in [6, 6.07) is 11.9. The number of amides is 1. The number of benzene rings is 2. The van der Waals surface area contributed by atoms with Gasteiger partial charge in [-0.05, 0) is 61.7 Å². The molecule has 0 bridgehead atoms. The number of carbonyl (C=O) groups is 2. The van der Waals surface area contributed by atoms with E-state index in [1.54, 1.807) is 12.1 Å². The molecule has 1 atom stereocenters. The quantitative estimate of drug-likeness (QED) is 0.846. The summed E-state index contributed by atoms with van der Waals surface area (Å²) in [6.45, 7) is 5.78. The molecule has 0 radical (unpaired) electrons. The highest BCUT2D eigenvalue weighted by Gasteiger charge is 2.19. The first-order valence-corrected chi connectivity index (χ1v) is 7.79. The van der Waals surface area contributed by atoms with Gasteiger partial charge in [0.1, 0.15) is 5.75 Å². The van der Waals surface area contributed by atoms with Crippen LogP contribution in [0.3, 0.4) is 0 Å². The molecule has 0 aliphatic rings. The number of nitrogens with one attached hydrogen (secondary N) is 1. The van der Waals surface area contributed by atoms with Crippen LogP contribution in [0.25, 0.3) is 0 Å². The van der Waals surface area contributed by atoms with E-state index in [1.807, 2.05) is 39.0 Å². The highest BCUT2D eigenvalue weighted by molar-refractivity contribution is 5.95. The minimum atomic E-state index is -1.00. The van der Waals surface area contributed by atoms with Gasteiger partial charge in [0.25, 0.3) is 5.91 Å². The second-order valence-electron chi connectivity index (χ2n) is 5.66. The summed E-state index contributed by atoms with van der Waals surface area (Å²) >= 11 is 0. The molecule has 0 aromatic heterocycles. The summed E-state index contributed by atoms with van der Waals surface area (Å²) in [5.41, 5.74) is 2.74. The van der Waals surface area contributed by atoms with Crippen molar-refractivity contribution < 1.29 is 19.4 Å². The van der Waals surface area contributed by atoms with Crippen molar-refractivity contribution in [1.29, 1.82) is 0 Å². The first kappa shape index (κ1) is 17.5. The Kier molecular flexibility index (Phi) is 5.58. The molecule has 5 nitrogen and oxygen atoms in total. The molecule has 0 unspecified atom stereocenters. The molecule has 2 N–H and O–H groups in total. The highest BCUT2D eigenvalue weighted by atomic mass is 16.5. The number of carbonyl (C=O) groups excluding carboxylic acids is 1. The fourth-order valence-corrected chi connectivity index (χ4v) is 2.23. The Labute approximate surface area is 141 Å². The lowest BCUT2D eigenvalue weighted by Gasteiger charge is -2.19. The molecule has 2 aromatic carbocycles. The Bertz CT molecular complexity index is 738. The van der Waals surface area contributed by atoms with Crippen LogP contribution >= 0.6 is 0 Å². The fraction of sp³-hybridized carbons (Fsp3) is 0.263. The lowest BCUT2D eigenvalue weighted by Crippen LogP contribution is -2.32. The van der Waals surface area contributed by atoms with Gasteiger partial charge in [0.05, 0.1) is 5.56 Å². The van der Waals surface area contributed by atoms with Crippen molar-refractivity contribution in [3.8, 4) is 5.75 Å². The standard InChI is InChI=1S/C19H21NO4/c1-4-16(24-17-11-12(2)5-6-13(17)3)18(21)20-15-9-7-14(8-10-15)19(22)23/h5-11,16H,4H2,1-3H3,(H,20,21)(H,22,23)/t16-/m1/s1. The van der Waals surface area contributed by atoms with Crippen LogP contribution in [0.1, 0.15) is 34.8 Å². The van der Waals surface area contributed by atoms with Crippen LogP contribution in [0.4, 0.5) is 5.69 Å². The molecule has 5 heteroatoms. The van der Waals surface area contributed by atoms with Crippen LogP contribution in [0, 0.1) is 13.8 Å². The molecule has 2 aromatic rings. The molecule has 126 valence electrons. The van der Waals surface area contributed by atoms with Gasteiger partial charge in [-0.25, -0.2) is 4.79 Å². The average Bonchev–Trinajstić information content (AvgIpc) is 2.56. The van der Waals surface area contributed by atoms with E-state index in [0.29, 0.717) is 17.9 Å². The molecule has 0 spiro atoms. The molecule has 0 saturated heterocycles. The second-order valence-corrected chi connectivity index (χ2v) is 5.66. The summed E-state index contributed by atoms with van der Waals surface area (Å²) in [4.78, 5) is 23.3. The topological polar surface area (TPSA) is 75.6 Å². The van der Waals surface area contributed by atoms with Gasteiger partial charge in [-0.3, -0.25) is 4.79 Å². The van der Waals surface area contributed by atoms with Crippen LogP contribution in [-0.2, 0) is 4.79 Å². The number of hydrogen-bond acceptors (Lipinski definition) is 3. The Morgan fingerprint density at radius 1 is 1.12 bits per heavy atom. The molecule has 2 rings (SSSR count). The number of aromatic carboxylic acids is 1. The van der Waals surface area contributed by atoms with Gasteiger partial charge in [0.15, 0.2) is 6.10 Å². The predicted molar refractivity (Wildman–Crippen MR) is 92.7 cm³/mol. The van der Waals surface area contributed by atoms with E-state index in [4.69, 9.17) is 9.84 Å². The predicted octanol–water partition coefficient (Wildman–Crippen LogP) is 3.80. The van der Waals surface area contributed by atoms with Gasteiger partial charge in [0, 0.05) is 5.69 Å². The average molecular weight is 327 g/mol. The lowest BCUT2D eigenvalue weighted by atomic mass is 10.1. The summed E-state index contributed by atoms with van der Waals surface area (Å²) in [5, 5.41) is 11.6. The number of ether oxygens (including phenoxy) is 1. The minimum Gasteiger partial charge on any atom is -0.480 e. The van der Waals surface area contributed by atoms with Crippen molar-refractivity contribution in [3.05, 3.63) is 59.2 Å². The van der Waals surface area contributed by atoms with E-state index < -0.39 is 12.1 Å². The number of carboxylic acids is 1. The summed E-state index contributed by atoms with van der Waals surface area (Å²) in [5.74, 6) is -0.572. The molecule has 0 heterocycles. The van der Waals surface area contributed by atoms with E-state index in [-0.39, 0.29) is 11.5 Å². The third-order valence-corrected chi connectivity index (χ3v) is 3.68. The molecule has 24 heavy (non-hydrogen) atoms. The molecule has 1 amide bonds. The minimum absolute atomic E-state index is 0.173. The van der Waals surface area contributed by atoms with Crippen molar-refractivity contribution in [1.82, 2.24) is 0 Å². The number of hydrogen-bond donors (Lipinski definition) is 2. The summed E-state index contributed by atoms with van der Waals surface area (Å²) in [7, 11) is 0. The molecular formula is C19H21NO4. The van der Waals surface area contributed by atoms with Gasteiger partial charge >= 0.3 is 5.97 Å². The third-order valence-electron chi connectivity index (χ3n) is 3.68. The molecule has 0 aliphatic heterocycles. The van der Waals surface area contributed by atoms with Gasteiger partial charge in [0.2, 0.25) is 0 Å². The van der Waals surface area contributed by atoms with Crippen LogP contribution in [-0.4, -0.2) is 23.1 Å². The van der Waals surface area contributed by atoms with Gasteiger partial charge in [-0.15, -0.1) is 0 Å². The first-order valence-electron chi connectivity index (χ1n) is 7.79. The maximum Gasteiger partial charge on any atom is 0.335 e. The summed E-state index contributed by atoms with van der Waals surface area (Å²) in [6.07, 6.45) is -0.100. The Morgan fingerprint density at radius 2 is 1.79 bits per heavy atom. The van der Waals surface area contributed by atoms with Crippen molar-refractivity contribution >= 4 is 17.6 Å². The van der Waals surface area contributed by atoms with Crippen LogP contribution in [0.2, 0.25) is 0 Å². The van der Waals surface area contributed by atoms with E-state index in [0.717, 1.165) is 11.1 Å². The molecule has 0 fully saturated rings. The van der Waals surface area contributed by atoms with E-state index in [2.05, 4.69) is 5.32 Å². The number of carboxylic acid groups (broad SMARTS) is 1. The monoisotopic (exact) mass is 327 g/mol. The first-order chi connectivity index (χ1) is 11.4. The van der Waals surface area contributed by atoms with E-state index >= 15 is 0 Å². The fourth-order valence-electron chi connectivity index (χ4n) is 2.23. The van der Waals surface area contributed by atoms with E-state index in [1.165, 1.54) is 12.1 Å². The maximum absolute atomic E-state index is 12.4.